The van der Waals surface area contributed by atoms with Crippen molar-refractivity contribution in [3.05, 3.63) is 51.4 Å². The van der Waals surface area contributed by atoms with Crippen molar-refractivity contribution in [2.45, 2.75) is 11.8 Å². The Labute approximate surface area is 127 Å². The molecule has 0 saturated carbocycles. The van der Waals surface area contributed by atoms with Crippen LogP contribution in [0, 0.1) is 6.92 Å². The summed E-state index contributed by atoms with van der Waals surface area (Å²) in [4.78, 5) is 11.2. The lowest BCUT2D eigenvalue weighted by molar-refractivity contribution is 0.601. The molecule has 1 heterocycles. The van der Waals surface area contributed by atoms with E-state index in [-0.39, 0.29) is 21.2 Å². The maximum Gasteiger partial charge on any atom is 0.262 e. The number of rotatable bonds is 3. The number of nitrogen functional groups attached to an aromatic ring is 1. The summed E-state index contributed by atoms with van der Waals surface area (Å²) in [5, 5.41) is 0.274. The van der Waals surface area contributed by atoms with Crippen LogP contribution in [0.3, 0.4) is 0 Å². The number of benzene rings is 1. The van der Waals surface area contributed by atoms with Crippen LogP contribution in [0.25, 0.3) is 0 Å². The fourth-order valence-electron chi connectivity index (χ4n) is 1.70. The van der Waals surface area contributed by atoms with Crippen LogP contribution in [0.5, 0.6) is 0 Å². The molecule has 1 aromatic carbocycles. The molecule has 0 aliphatic rings. The molecule has 0 atom stereocenters. The Hall–Kier alpha value is -1.99. The highest BCUT2D eigenvalue weighted by Crippen LogP contribution is 2.26. The topological polar surface area (TPSA) is 94.2 Å². The van der Waals surface area contributed by atoms with Crippen molar-refractivity contribution in [2.75, 3.05) is 10.5 Å². The molecule has 0 fully saturated rings. The van der Waals surface area contributed by atoms with Crippen LogP contribution in [0.2, 0.25) is 5.02 Å². The predicted molar refractivity (Wildman–Crippen MR) is 83.1 cm³/mol. The fraction of sp³-hybridized carbons (Fsp3) is 0.154. The second-order valence-corrected chi connectivity index (χ2v) is 6.68. The Balaban J connectivity index is 2.43. The highest BCUT2D eigenvalue weighted by Gasteiger charge is 2.17. The van der Waals surface area contributed by atoms with Gasteiger partial charge >= 0.3 is 0 Å². The van der Waals surface area contributed by atoms with Gasteiger partial charge in [0.15, 0.2) is 0 Å². The van der Waals surface area contributed by atoms with Crippen molar-refractivity contribution in [3.8, 4) is 0 Å². The van der Waals surface area contributed by atoms with Gasteiger partial charge in [0.2, 0.25) is 5.56 Å². The second-order valence-electron chi connectivity index (χ2n) is 4.59. The van der Waals surface area contributed by atoms with E-state index in [1.165, 1.54) is 42.1 Å². The van der Waals surface area contributed by atoms with E-state index < -0.39 is 10.0 Å². The van der Waals surface area contributed by atoms with Crippen molar-refractivity contribution < 1.29 is 8.42 Å². The summed E-state index contributed by atoms with van der Waals surface area (Å²) in [6.45, 7) is 1.70. The van der Waals surface area contributed by atoms with Gasteiger partial charge in [0.05, 0.1) is 10.6 Å². The molecule has 112 valence electrons. The van der Waals surface area contributed by atoms with Crippen LogP contribution in [0.4, 0.5) is 11.4 Å². The molecule has 0 unspecified atom stereocenters. The maximum absolute atomic E-state index is 12.3. The highest BCUT2D eigenvalue weighted by molar-refractivity contribution is 7.92. The summed E-state index contributed by atoms with van der Waals surface area (Å²) in [6.07, 6.45) is 1.39. The van der Waals surface area contributed by atoms with Crippen LogP contribution >= 0.6 is 11.6 Å². The molecule has 0 spiro atoms. The molecular weight excluding hydrogens is 314 g/mol. The van der Waals surface area contributed by atoms with Gasteiger partial charge in [-0.15, -0.1) is 0 Å². The normalized spacial score (nSPS) is 11.4. The van der Waals surface area contributed by atoms with Crippen molar-refractivity contribution in [2.24, 2.45) is 7.05 Å². The molecule has 0 aliphatic heterocycles. The quantitative estimate of drug-likeness (QED) is 0.839. The molecule has 8 heteroatoms. The number of halogens is 1. The minimum Gasteiger partial charge on any atom is -0.398 e. The van der Waals surface area contributed by atoms with Crippen molar-refractivity contribution >= 4 is 33.0 Å². The molecule has 0 saturated heterocycles. The van der Waals surface area contributed by atoms with E-state index in [0.717, 1.165) is 0 Å². The van der Waals surface area contributed by atoms with Gasteiger partial charge in [-0.1, -0.05) is 11.6 Å². The Morgan fingerprint density at radius 3 is 2.52 bits per heavy atom. The lowest BCUT2D eigenvalue weighted by Crippen LogP contribution is -2.18. The second kappa shape index (κ2) is 5.42. The number of hydrogen-bond donors (Lipinski definition) is 2. The molecule has 1 aromatic heterocycles. The fourth-order valence-corrected chi connectivity index (χ4v) is 3.09. The molecule has 2 rings (SSSR count). The highest BCUT2D eigenvalue weighted by atomic mass is 35.5. The Morgan fingerprint density at radius 2 is 1.95 bits per heavy atom. The summed E-state index contributed by atoms with van der Waals surface area (Å²) < 4.78 is 28.2. The first-order chi connectivity index (χ1) is 9.70. The molecular formula is C13H14ClN3O3S. The largest absolute Gasteiger partial charge is 0.398 e. The number of nitrogens with zero attached hydrogens (tertiary/aromatic N) is 1. The summed E-state index contributed by atoms with van der Waals surface area (Å²) in [6, 6.07) is 5.33. The maximum atomic E-state index is 12.3. The molecule has 6 nitrogen and oxygen atoms in total. The smallest absolute Gasteiger partial charge is 0.262 e. The number of aryl methyl sites for hydroxylation is 1. The average Bonchev–Trinajstić information content (AvgIpc) is 2.39. The predicted octanol–water partition coefficient (Wildman–Crippen LogP) is 1.73. The zero-order chi connectivity index (χ0) is 15.8. The van der Waals surface area contributed by atoms with Crippen LogP contribution in [0.15, 0.2) is 40.2 Å². The number of anilines is 2. The van der Waals surface area contributed by atoms with E-state index in [1.54, 1.807) is 6.92 Å². The summed E-state index contributed by atoms with van der Waals surface area (Å²) >= 11 is 5.96. The minimum atomic E-state index is -3.83. The first kappa shape index (κ1) is 15.4. The number of pyridine rings is 1. The van der Waals surface area contributed by atoms with Gasteiger partial charge in [0.25, 0.3) is 10.0 Å². The molecule has 0 radical (unpaired) electrons. The van der Waals surface area contributed by atoms with Gasteiger partial charge in [-0.2, -0.15) is 0 Å². The van der Waals surface area contributed by atoms with Gasteiger partial charge in [0, 0.05) is 30.0 Å². The van der Waals surface area contributed by atoms with Gasteiger partial charge in [0.1, 0.15) is 0 Å². The monoisotopic (exact) mass is 327 g/mol. The molecule has 21 heavy (non-hydrogen) atoms. The first-order valence-electron chi connectivity index (χ1n) is 5.96. The zero-order valence-electron chi connectivity index (χ0n) is 11.4. The third-order valence-electron chi connectivity index (χ3n) is 3.01. The van der Waals surface area contributed by atoms with Crippen LogP contribution < -0.4 is 16.0 Å². The number of aromatic nitrogens is 1. The van der Waals surface area contributed by atoms with Gasteiger partial charge in [-0.3, -0.25) is 9.52 Å². The third-order valence-corrected chi connectivity index (χ3v) is 4.76. The summed E-state index contributed by atoms with van der Waals surface area (Å²) in [5.41, 5.74) is 6.69. The molecule has 0 amide bonds. The van der Waals surface area contributed by atoms with Gasteiger partial charge < -0.3 is 10.3 Å². The molecule has 0 bridgehead atoms. The van der Waals surface area contributed by atoms with E-state index >= 15 is 0 Å². The van der Waals surface area contributed by atoms with E-state index in [2.05, 4.69) is 4.72 Å². The molecule has 3 N–H and O–H groups in total. The third kappa shape index (κ3) is 3.20. The molecule has 2 aromatic rings. The number of sulfonamides is 1. The van der Waals surface area contributed by atoms with E-state index in [4.69, 9.17) is 17.3 Å². The number of hydrogen-bond acceptors (Lipinski definition) is 4. The van der Waals surface area contributed by atoms with E-state index in [0.29, 0.717) is 11.3 Å². The Kier molecular flexibility index (Phi) is 3.97. The lowest BCUT2D eigenvalue weighted by Gasteiger charge is -2.11. The zero-order valence-corrected chi connectivity index (χ0v) is 13.0. The Bertz CT molecular complexity index is 836. The van der Waals surface area contributed by atoms with Crippen molar-refractivity contribution in [1.82, 2.24) is 4.57 Å². The van der Waals surface area contributed by atoms with Crippen LogP contribution in [-0.4, -0.2) is 13.0 Å². The molecule has 0 aliphatic carbocycles. The number of nitrogens with two attached hydrogens (primary N) is 1. The summed E-state index contributed by atoms with van der Waals surface area (Å²) in [7, 11) is -2.31. The van der Waals surface area contributed by atoms with Crippen LogP contribution in [-0.2, 0) is 17.1 Å². The van der Waals surface area contributed by atoms with E-state index in [9.17, 15) is 13.2 Å². The van der Waals surface area contributed by atoms with Crippen molar-refractivity contribution in [3.63, 3.8) is 0 Å². The van der Waals surface area contributed by atoms with E-state index in [1.807, 2.05) is 0 Å². The number of nitrogens with one attached hydrogen (secondary N) is 1. The van der Waals surface area contributed by atoms with Crippen LogP contribution in [0.1, 0.15) is 5.56 Å². The van der Waals surface area contributed by atoms with Gasteiger partial charge in [-0.25, -0.2) is 8.42 Å². The average molecular weight is 328 g/mol. The standard InChI is InChI=1S/C13H14ClN3O3S/c1-8-11(14)5-10(6-12(8)15)21(19,20)16-9-3-4-13(18)17(2)7-9/h3-7,16H,15H2,1-2H3. The SMILES string of the molecule is Cc1c(N)cc(S(=O)(=O)Nc2ccc(=O)n(C)c2)cc1Cl. The van der Waals surface area contributed by atoms with Crippen molar-refractivity contribution in [1.29, 1.82) is 0 Å². The summed E-state index contributed by atoms with van der Waals surface area (Å²) in [5.74, 6) is 0. The first-order valence-corrected chi connectivity index (χ1v) is 7.82. The lowest BCUT2D eigenvalue weighted by atomic mass is 10.2. The van der Waals surface area contributed by atoms with Gasteiger partial charge in [-0.05, 0) is 30.7 Å². The Morgan fingerprint density at radius 1 is 1.29 bits per heavy atom. The minimum absolute atomic E-state index is 0.0375.